The van der Waals surface area contributed by atoms with E-state index in [-0.39, 0.29) is 11.8 Å². The molecule has 1 saturated carbocycles. The summed E-state index contributed by atoms with van der Waals surface area (Å²) in [4.78, 5) is 22.7. The lowest BCUT2D eigenvalue weighted by Gasteiger charge is -2.17. The monoisotopic (exact) mass is 227 g/mol. The summed E-state index contributed by atoms with van der Waals surface area (Å²) in [6.07, 6.45) is 6.81. The van der Waals surface area contributed by atoms with Gasteiger partial charge in [-0.1, -0.05) is 32.6 Å². The zero-order chi connectivity index (χ0) is 12.0. The smallest absolute Gasteiger partial charge is 0.326 e. The van der Waals surface area contributed by atoms with Gasteiger partial charge in [0.2, 0.25) is 5.91 Å². The summed E-state index contributed by atoms with van der Waals surface area (Å²) >= 11 is 0. The summed E-state index contributed by atoms with van der Waals surface area (Å²) in [5, 5.41) is 11.5. The zero-order valence-electron chi connectivity index (χ0n) is 9.87. The highest BCUT2D eigenvalue weighted by molar-refractivity contribution is 5.84. The van der Waals surface area contributed by atoms with E-state index in [1.807, 2.05) is 0 Å². The second-order valence-electron chi connectivity index (χ2n) is 4.50. The predicted molar refractivity (Wildman–Crippen MR) is 61.0 cm³/mol. The van der Waals surface area contributed by atoms with Crippen molar-refractivity contribution in [1.29, 1.82) is 0 Å². The Morgan fingerprint density at radius 2 is 1.81 bits per heavy atom. The molecule has 0 aromatic heterocycles. The van der Waals surface area contributed by atoms with E-state index in [9.17, 15) is 9.59 Å². The van der Waals surface area contributed by atoms with Gasteiger partial charge in [0.25, 0.3) is 0 Å². The Labute approximate surface area is 96.4 Å². The summed E-state index contributed by atoms with van der Waals surface area (Å²) in [5.74, 6) is -0.989. The quantitative estimate of drug-likeness (QED) is 0.721. The maximum atomic E-state index is 11.9. The number of amides is 1. The highest BCUT2D eigenvalue weighted by atomic mass is 16.4. The number of rotatable bonds is 4. The van der Waals surface area contributed by atoms with Gasteiger partial charge in [0.05, 0.1) is 0 Å². The summed E-state index contributed by atoms with van der Waals surface area (Å²) in [6, 6.07) is -0.726. The standard InChI is InChI=1S/C12H21NO3/c1-2-10(12(15)16)13-11(14)9-7-5-3-4-6-8-9/h9-10H,2-8H2,1H3,(H,13,14)(H,15,16)/t10-/m1/s1. The highest BCUT2D eigenvalue weighted by Crippen LogP contribution is 2.23. The van der Waals surface area contributed by atoms with E-state index in [0.29, 0.717) is 6.42 Å². The van der Waals surface area contributed by atoms with Gasteiger partial charge in [-0.15, -0.1) is 0 Å². The van der Waals surface area contributed by atoms with E-state index in [2.05, 4.69) is 5.32 Å². The minimum atomic E-state index is -0.940. The van der Waals surface area contributed by atoms with Gasteiger partial charge in [-0.2, -0.15) is 0 Å². The maximum Gasteiger partial charge on any atom is 0.326 e. The molecular weight excluding hydrogens is 206 g/mol. The van der Waals surface area contributed by atoms with Crippen LogP contribution in [0, 0.1) is 5.92 Å². The summed E-state index contributed by atoms with van der Waals surface area (Å²) in [7, 11) is 0. The van der Waals surface area contributed by atoms with Crippen LogP contribution in [0.25, 0.3) is 0 Å². The van der Waals surface area contributed by atoms with Crippen LogP contribution in [0.5, 0.6) is 0 Å². The van der Waals surface area contributed by atoms with E-state index >= 15 is 0 Å². The number of aliphatic carboxylic acids is 1. The molecule has 1 rings (SSSR count). The molecule has 0 radical (unpaired) electrons. The van der Waals surface area contributed by atoms with Gasteiger partial charge < -0.3 is 10.4 Å². The van der Waals surface area contributed by atoms with E-state index in [1.165, 1.54) is 12.8 Å². The molecule has 92 valence electrons. The van der Waals surface area contributed by atoms with Crippen LogP contribution in [0.15, 0.2) is 0 Å². The van der Waals surface area contributed by atoms with Crippen molar-refractivity contribution in [1.82, 2.24) is 5.32 Å². The lowest BCUT2D eigenvalue weighted by atomic mass is 9.99. The van der Waals surface area contributed by atoms with Gasteiger partial charge in [0, 0.05) is 5.92 Å². The third kappa shape index (κ3) is 3.83. The number of carboxylic acid groups (broad SMARTS) is 1. The molecule has 1 aliphatic rings. The van der Waals surface area contributed by atoms with Crippen LogP contribution in [-0.2, 0) is 9.59 Å². The molecule has 0 heterocycles. The van der Waals surface area contributed by atoms with Crippen molar-refractivity contribution < 1.29 is 14.7 Å². The molecule has 0 unspecified atom stereocenters. The molecule has 16 heavy (non-hydrogen) atoms. The average Bonchev–Trinajstić information content (AvgIpc) is 2.53. The summed E-state index contributed by atoms with van der Waals surface area (Å²) < 4.78 is 0. The number of hydrogen-bond donors (Lipinski definition) is 2. The molecule has 0 bridgehead atoms. The third-order valence-corrected chi connectivity index (χ3v) is 3.25. The third-order valence-electron chi connectivity index (χ3n) is 3.25. The molecule has 0 aromatic carbocycles. The minimum absolute atomic E-state index is 0.0240. The van der Waals surface area contributed by atoms with Crippen LogP contribution in [0.4, 0.5) is 0 Å². The van der Waals surface area contributed by atoms with Crippen molar-refractivity contribution in [2.45, 2.75) is 57.9 Å². The number of carboxylic acids is 1. The first-order valence-corrected chi connectivity index (χ1v) is 6.18. The maximum absolute atomic E-state index is 11.9. The molecular formula is C12H21NO3. The Kier molecular flexibility index (Phi) is 5.29. The lowest BCUT2D eigenvalue weighted by molar-refractivity contribution is -0.142. The Hall–Kier alpha value is -1.06. The largest absolute Gasteiger partial charge is 0.480 e. The molecule has 0 aromatic rings. The predicted octanol–water partition coefficient (Wildman–Crippen LogP) is 1.94. The molecule has 1 atom stereocenters. The van der Waals surface area contributed by atoms with Crippen LogP contribution in [0.3, 0.4) is 0 Å². The first-order valence-electron chi connectivity index (χ1n) is 6.18. The summed E-state index contributed by atoms with van der Waals surface area (Å²) in [6.45, 7) is 1.77. The van der Waals surface area contributed by atoms with Crippen molar-refractivity contribution >= 4 is 11.9 Å². The van der Waals surface area contributed by atoms with Crippen molar-refractivity contribution in [3.63, 3.8) is 0 Å². The van der Waals surface area contributed by atoms with E-state index in [4.69, 9.17) is 5.11 Å². The molecule has 0 saturated heterocycles. The summed E-state index contributed by atoms with van der Waals surface area (Å²) in [5.41, 5.74) is 0. The molecule has 1 fully saturated rings. The molecule has 1 amide bonds. The highest BCUT2D eigenvalue weighted by Gasteiger charge is 2.24. The Morgan fingerprint density at radius 1 is 1.25 bits per heavy atom. The van der Waals surface area contributed by atoms with Crippen LogP contribution < -0.4 is 5.32 Å². The molecule has 4 heteroatoms. The number of hydrogen-bond acceptors (Lipinski definition) is 2. The second kappa shape index (κ2) is 6.51. The lowest BCUT2D eigenvalue weighted by Crippen LogP contribution is -2.43. The fraction of sp³-hybridized carbons (Fsp3) is 0.833. The Balaban J connectivity index is 2.46. The van der Waals surface area contributed by atoms with E-state index in [1.54, 1.807) is 6.92 Å². The van der Waals surface area contributed by atoms with Gasteiger partial charge >= 0.3 is 5.97 Å². The van der Waals surface area contributed by atoms with Crippen molar-refractivity contribution in [3.8, 4) is 0 Å². The van der Waals surface area contributed by atoms with Crippen molar-refractivity contribution in [3.05, 3.63) is 0 Å². The number of carbonyl (C=O) groups excluding carboxylic acids is 1. The average molecular weight is 227 g/mol. The van der Waals surface area contributed by atoms with Crippen LogP contribution >= 0.6 is 0 Å². The minimum Gasteiger partial charge on any atom is -0.480 e. The zero-order valence-corrected chi connectivity index (χ0v) is 9.87. The normalized spacial score (nSPS) is 19.8. The molecule has 1 aliphatic carbocycles. The molecule has 2 N–H and O–H groups in total. The second-order valence-corrected chi connectivity index (χ2v) is 4.50. The first kappa shape index (κ1) is 13.0. The van der Waals surface area contributed by atoms with Gasteiger partial charge in [0.1, 0.15) is 6.04 Å². The Morgan fingerprint density at radius 3 is 2.25 bits per heavy atom. The fourth-order valence-electron chi connectivity index (χ4n) is 2.17. The molecule has 0 spiro atoms. The van der Waals surface area contributed by atoms with Gasteiger partial charge in [-0.25, -0.2) is 4.79 Å². The molecule has 0 aliphatic heterocycles. The molecule has 4 nitrogen and oxygen atoms in total. The fourth-order valence-corrected chi connectivity index (χ4v) is 2.17. The van der Waals surface area contributed by atoms with Crippen molar-refractivity contribution in [2.75, 3.05) is 0 Å². The van der Waals surface area contributed by atoms with Gasteiger partial charge in [-0.05, 0) is 19.3 Å². The SMILES string of the molecule is CC[C@@H](NC(=O)C1CCCCCC1)C(=O)O. The number of carbonyl (C=O) groups is 2. The van der Waals surface area contributed by atoms with Gasteiger partial charge in [0.15, 0.2) is 0 Å². The van der Waals surface area contributed by atoms with E-state index in [0.717, 1.165) is 25.7 Å². The van der Waals surface area contributed by atoms with Crippen LogP contribution in [0.1, 0.15) is 51.9 Å². The van der Waals surface area contributed by atoms with Crippen LogP contribution in [0.2, 0.25) is 0 Å². The van der Waals surface area contributed by atoms with Crippen molar-refractivity contribution in [2.24, 2.45) is 5.92 Å². The number of nitrogens with one attached hydrogen (secondary N) is 1. The van der Waals surface area contributed by atoms with E-state index < -0.39 is 12.0 Å². The Bertz CT molecular complexity index is 245. The van der Waals surface area contributed by atoms with Crippen LogP contribution in [-0.4, -0.2) is 23.0 Å². The van der Waals surface area contributed by atoms with Gasteiger partial charge in [-0.3, -0.25) is 4.79 Å². The first-order chi connectivity index (χ1) is 7.65. The topological polar surface area (TPSA) is 66.4 Å².